The van der Waals surface area contributed by atoms with Gasteiger partial charge in [-0.15, -0.1) is 0 Å². The molecule has 21 heavy (non-hydrogen) atoms. The average Bonchev–Trinajstić information content (AvgIpc) is 2.91. The normalized spacial score (nSPS) is 52.9. The van der Waals surface area contributed by atoms with Gasteiger partial charge in [-0.05, 0) is 92.3 Å². The summed E-state index contributed by atoms with van der Waals surface area (Å²) in [5.74, 6) is 4.43. The van der Waals surface area contributed by atoms with Gasteiger partial charge in [-0.25, -0.2) is 0 Å². The van der Waals surface area contributed by atoms with E-state index in [1.165, 1.54) is 19.3 Å². The molecule has 0 amide bonds. The van der Waals surface area contributed by atoms with Gasteiger partial charge in [0.25, 0.3) is 0 Å². The molecule has 0 aliphatic heterocycles. The lowest BCUT2D eigenvalue weighted by atomic mass is 9.45. The zero-order chi connectivity index (χ0) is 14.5. The first-order valence-corrected chi connectivity index (χ1v) is 10.2. The van der Waals surface area contributed by atoms with Gasteiger partial charge in [0, 0.05) is 0 Å². The molecule has 4 aliphatic rings. The van der Waals surface area contributed by atoms with Gasteiger partial charge in [0.15, 0.2) is 0 Å². The first-order valence-electron chi connectivity index (χ1n) is 10.2. The Hall–Kier alpha value is 0. The zero-order valence-electron chi connectivity index (χ0n) is 14.5. The Morgan fingerprint density at radius 2 is 1.71 bits per heavy atom. The van der Waals surface area contributed by atoms with E-state index in [9.17, 15) is 0 Å². The molecule has 4 saturated carbocycles. The highest BCUT2D eigenvalue weighted by Gasteiger charge is 2.57. The van der Waals surface area contributed by atoms with Gasteiger partial charge >= 0.3 is 0 Å². The van der Waals surface area contributed by atoms with E-state index in [0.29, 0.717) is 0 Å². The third kappa shape index (κ3) is 2.07. The maximum Gasteiger partial charge on any atom is -0.0266 e. The molecule has 0 aromatic heterocycles. The van der Waals surface area contributed by atoms with Crippen LogP contribution in [0.4, 0.5) is 0 Å². The summed E-state index contributed by atoms with van der Waals surface area (Å²) in [5, 5.41) is 0. The van der Waals surface area contributed by atoms with Crippen LogP contribution in [-0.4, -0.2) is 0 Å². The first-order chi connectivity index (χ1) is 10.2. The molecule has 0 N–H and O–H groups in total. The Bertz CT molecular complexity index is 385. The topological polar surface area (TPSA) is 0 Å². The molecule has 0 radical (unpaired) electrons. The van der Waals surface area contributed by atoms with E-state index in [-0.39, 0.29) is 0 Å². The fourth-order valence-electron chi connectivity index (χ4n) is 8.02. The highest BCUT2D eigenvalue weighted by atomic mass is 14.6. The van der Waals surface area contributed by atoms with Crippen LogP contribution < -0.4 is 0 Å². The fourth-order valence-corrected chi connectivity index (χ4v) is 8.02. The molecule has 0 saturated heterocycles. The molecule has 0 nitrogen and oxygen atoms in total. The van der Waals surface area contributed by atoms with E-state index in [4.69, 9.17) is 0 Å². The van der Waals surface area contributed by atoms with Crippen LogP contribution in [0.3, 0.4) is 0 Å². The van der Waals surface area contributed by atoms with E-state index >= 15 is 0 Å². The SMILES string of the molecule is CCC[C@@]12CCC[C@H]1[C@@H]1CC[C@H]3CCCC[C@]3(C)[C@H]1CC2. The summed E-state index contributed by atoms with van der Waals surface area (Å²) in [6.45, 7) is 5.14. The van der Waals surface area contributed by atoms with Crippen molar-refractivity contribution in [1.29, 1.82) is 0 Å². The van der Waals surface area contributed by atoms with Crippen molar-refractivity contribution in [2.24, 2.45) is 34.5 Å². The molecular weight excluding hydrogens is 252 g/mol. The van der Waals surface area contributed by atoms with Crippen molar-refractivity contribution >= 4 is 0 Å². The number of fused-ring (bicyclic) bond motifs is 5. The predicted molar refractivity (Wildman–Crippen MR) is 90.2 cm³/mol. The number of hydrogen-bond acceptors (Lipinski definition) is 0. The van der Waals surface area contributed by atoms with E-state index < -0.39 is 0 Å². The molecule has 4 aliphatic carbocycles. The van der Waals surface area contributed by atoms with Crippen molar-refractivity contribution in [1.82, 2.24) is 0 Å². The van der Waals surface area contributed by atoms with E-state index in [2.05, 4.69) is 13.8 Å². The molecule has 4 rings (SSSR count). The molecule has 0 aromatic carbocycles. The van der Waals surface area contributed by atoms with Crippen LogP contribution in [0, 0.1) is 34.5 Å². The fraction of sp³-hybridized carbons (Fsp3) is 1.00. The summed E-state index contributed by atoms with van der Waals surface area (Å²) in [7, 11) is 0. The van der Waals surface area contributed by atoms with Gasteiger partial charge < -0.3 is 0 Å². The van der Waals surface area contributed by atoms with Gasteiger partial charge in [0.2, 0.25) is 0 Å². The molecule has 0 heterocycles. The van der Waals surface area contributed by atoms with Gasteiger partial charge in [0.1, 0.15) is 0 Å². The van der Waals surface area contributed by atoms with Crippen LogP contribution in [0.2, 0.25) is 0 Å². The Kier molecular flexibility index (Phi) is 3.66. The lowest BCUT2D eigenvalue weighted by Gasteiger charge is -2.60. The molecule has 0 spiro atoms. The van der Waals surface area contributed by atoms with Crippen molar-refractivity contribution in [3.63, 3.8) is 0 Å². The Labute approximate surface area is 132 Å². The summed E-state index contributed by atoms with van der Waals surface area (Å²) < 4.78 is 0. The highest BCUT2D eigenvalue weighted by molar-refractivity contribution is 5.07. The van der Waals surface area contributed by atoms with E-state index in [0.717, 1.165) is 34.5 Å². The van der Waals surface area contributed by atoms with Crippen LogP contribution in [0.5, 0.6) is 0 Å². The highest BCUT2D eigenvalue weighted by Crippen LogP contribution is 2.67. The maximum atomic E-state index is 2.72. The predicted octanol–water partition coefficient (Wildman–Crippen LogP) is 6.59. The lowest BCUT2D eigenvalue weighted by Crippen LogP contribution is -2.52. The minimum Gasteiger partial charge on any atom is -0.0654 e. The summed E-state index contributed by atoms with van der Waals surface area (Å²) in [4.78, 5) is 0. The van der Waals surface area contributed by atoms with Crippen LogP contribution in [0.25, 0.3) is 0 Å². The van der Waals surface area contributed by atoms with Gasteiger partial charge in [-0.2, -0.15) is 0 Å². The minimum atomic E-state index is 0.738. The van der Waals surface area contributed by atoms with Gasteiger partial charge in [0.05, 0.1) is 0 Å². The molecule has 4 fully saturated rings. The first kappa shape index (κ1) is 14.6. The molecule has 0 aromatic rings. The van der Waals surface area contributed by atoms with Crippen LogP contribution in [0.1, 0.15) is 97.3 Å². The Morgan fingerprint density at radius 1 is 0.810 bits per heavy atom. The summed E-state index contributed by atoms with van der Waals surface area (Å²) in [6, 6.07) is 0. The standard InChI is InChI=1S/C21H36/c1-3-12-21-14-6-8-19(21)17-10-9-16-7-4-5-13-20(16,2)18(17)11-15-21/h16-19H,3-15H2,1-2H3/t16-,17-,18+,19+,20+,21+/m1/s1. The van der Waals surface area contributed by atoms with Crippen molar-refractivity contribution in [3.8, 4) is 0 Å². The largest absolute Gasteiger partial charge is 0.0654 e. The monoisotopic (exact) mass is 288 g/mol. The summed E-state index contributed by atoms with van der Waals surface area (Å²) >= 11 is 0. The summed E-state index contributed by atoms with van der Waals surface area (Å²) in [6.07, 6.45) is 20.2. The second kappa shape index (κ2) is 5.27. The van der Waals surface area contributed by atoms with E-state index in [1.54, 1.807) is 64.2 Å². The van der Waals surface area contributed by atoms with Crippen LogP contribution in [0.15, 0.2) is 0 Å². The van der Waals surface area contributed by atoms with Crippen molar-refractivity contribution in [2.45, 2.75) is 97.3 Å². The zero-order valence-corrected chi connectivity index (χ0v) is 14.5. The van der Waals surface area contributed by atoms with Crippen molar-refractivity contribution < 1.29 is 0 Å². The van der Waals surface area contributed by atoms with Gasteiger partial charge in [-0.3, -0.25) is 0 Å². The molecule has 120 valence electrons. The third-order valence-electron chi connectivity index (χ3n) is 8.86. The molecule has 0 heteroatoms. The number of rotatable bonds is 2. The van der Waals surface area contributed by atoms with Crippen LogP contribution >= 0.6 is 0 Å². The maximum absolute atomic E-state index is 2.72. The van der Waals surface area contributed by atoms with E-state index in [1.807, 2.05) is 0 Å². The summed E-state index contributed by atoms with van der Waals surface area (Å²) in [5.41, 5.74) is 1.54. The molecule has 0 bridgehead atoms. The molecular formula is C21H36. The Morgan fingerprint density at radius 3 is 2.57 bits per heavy atom. The van der Waals surface area contributed by atoms with Crippen molar-refractivity contribution in [3.05, 3.63) is 0 Å². The smallest absolute Gasteiger partial charge is 0.0266 e. The quantitative estimate of drug-likeness (QED) is 0.537. The van der Waals surface area contributed by atoms with Gasteiger partial charge in [-0.1, -0.05) is 39.5 Å². The average molecular weight is 289 g/mol. The molecule has 0 unspecified atom stereocenters. The lowest BCUT2D eigenvalue weighted by molar-refractivity contribution is -0.109. The minimum absolute atomic E-state index is 0.738. The second-order valence-electron chi connectivity index (χ2n) is 9.45. The third-order valence-corrected chi connectivity index (χ3v) is 8.86. The Balaban J connectivity index is 1.62. The number of hydrogen-bond donors (Lipinski definition) is 0. The second-order valence-corrected chi connectivity index (χ2v) is 9.45. The molecule has 6 atom stereocenters. The van der Waals surface area contributed by atoms with Crippen molar-refractivity contribution in [2.75, 3.05) is 0 Å². The van der Waals surface area contributed by atoms with Crippen LogP contribution in [-0.2, 0) is 0 Å².